The lowest BCUT2D eigenvalue weighted by Crippen LogP contribution is -2.48. The van der Waals surface area contributed by atoms with Gasteiger partial charge in [0.1, 0.15) is 24.0 Å². The van der Waals surface area contributed by atoms with Gasteiger partial charge in [0.05, 0.1) is 48.3 Å². The molecule has 2 amide bonds. The maximum Gasteiger partial charge on any atom is 0.407 e. The summed E-state index contributed by atoms with van der Waals surface area (Å²) in [7, 11) is -6.59. The molecule has 0 saturated carbocycles. The van der Waals surface area contributed by atoms with Gasteiger partial charge in [-0.15, -0.1) is 0 Å². The molecular formula is C49H57N7O13S2. The number of aliphatic imine (C=N–C) groups is 1. The summed E-state index contributed by atoms with van der Waals surface area (Å²) in [6, 6.07) is 24.2. The number of nitrogens with one attached hydrogen (secondary N) is 5. The van der Waals surface area contributed by atoms with Crippen molar-refractivity contribution < 1.29 is 55.3 Å². The van der Waals surface area contributed by atoms with Crippen LogP contribution < -0.4 is 30.8 Å². The van der Waals surface area contributed by atoms with Crippen LogP contribution in [0.1, 0.15) is 40.7 Å². The fourth-order valence-corrected chi connectivity index (χ4v) is 9.26. The highest BCUT2D eigenvalue weighted by atomic mass is 32.2. The molecule has 1 aromatic heterocycles. The smallest absolute Gasteiger partial charge is 0.407 e. The number of carboxylic acid groups (broad SMARTS) is 1. The van der Waals surface area contributed by atoms with Gasteiger partial charge in [0, 0.05) is 57.9 Å². The Bertz CT molecular complexity index is 2940. The summed E-state index contributed by atoms with van der Waals surface area (Å²) >= 11 is 0. The lowest BCUT2D eigenvalue weighted by Gasteiger charge is -2.16. The summed E-state index contributed by atoms with van der Waals surface area (Å²) in [5, 5.41) is 18.2. The van der Waals surface area contributed by atoms with E-state index in [-0.39, 0.29) is 33.9 Å². The zero-order valence-corrected chi connectivity index (χ0v) is 40.6. The first-order chi connectivity index (χ1) is 34.2. The number of nitrogens with zero attached hydrogens (tertiary/aromatic N) is 2. The number of amidine groups is 1. The van der Waals surface area contributed by atoms with Crippen LogP contribution in [0.2, 0.25) is 0 Å². The van der Waals surface area contributed by atoms with Crippen LogP contribution >= 0.6 is 0 Å². The first-order valence-electron chi connectivity index (χ1n) is 22.7. The highest BCUT2D eigenvalue weighted by molar-refractivity contribution is 7.89. The van der Waals surface area contributed by atoms with E-state index in [9.17, 15) is 41.1 Å². The summed E-state index contributed by atoms with van der Waals surface area (Å²) in [6.45, 7) is 2.65. The van der Waals surface area contributed by atoms with Crippen LogP contribution in [-0.4, -0.2) is 116 Å². The second-order valence-electron chi connectivity index (χ2n) is 16.0. The molecule has 2 heterocycles. The molecular weight excluding hydrogens is 959 g/mol. The van der Waals surface area contributed by atoms with Crippen molar-refractivity contribution in [2.45, 2.75) is 48.2 Å². The number of amides is 2. The maximum absolute atomic E-state index is 13.3. The van der Waals surface area contributed by atoms with Gasteiger partial charge in [-0.3, -0.25) is 19.4 Å². The van der Waals surface area contributed by atoms with Crippen molar-refractivity contribution in [1.29, 1.82) is 0 Å². The van der Waals surface area contributed by atoms with Crippen LogP contribution in [0.5, 0.6) is 0 Å². The number of carbonyl (C=O) groups is 3. The minimum Gasteiger partial charge on any atom is -0.480 e. The number of aromatic nitrogens is 1. The Balaban J connectivity index is 0.864. The largest absolute Gasteiger partial charge is 0.480 e. The summed E-state index contributed by atoms with van der Waals surface area (Å²) in [6.07, 6.45) is 6.36. The molecule has 0 fully saturated rings. The molecule has 5 aromatic rings. The van der Waals surface area contributed by atoms with Gasteiger partial charge >= 0.3 is 12.1 Å². The van der Waals surface area contributed by atoms with Gasteiger partial charge in [0.25, 0.3) is 5.91 Å². The molecule has 1 aliphatic heterocycles. The number of carbonyl (C=O) groups excluding carboxylic acids is 2. The zero-order chi connectivity index (χ0) is 50.6. The van der Waals surface area contributed by atoms with E-state index < -0.39 is 56.0 Å². The Morgan fingerprint density at radius 3 is 2.00 bits per heavy atom. The van der Waals surface area contributed by atoms with Gasteiger partial charge < -0.3 is 44.6 Å². The monoisotopic (exact) mass is 1020 g/mol. The molecule has 20 nitrogen and oxygen atoms in total. The number of rotatable bonds is 28. The van der Waals surface area contributed by atoms with Gasteiger partial charge in [-0.2, -0.15) is 4.72 Å². The first kappa shape index (κ1) is 53.6. The number of hydrogen-bond donors (Lipinski definition) is 6. The highest BCUT2D eigenvalue weighted by Gasteiger charge is 2.27. The Kier molecular flexibility index (Phi) is 19.9. The third-order valence-corrected chi connectivity index (χ3v) is 13.8. The molecule has 0 saturated heterocycles. The van der Waals surface area contributed by atoms with Crippen LogP contribution in [0.25, 0.3) is 22.0 Å². The van der Waals surface area contributed by atoms with Crippen molar-refractivity contribution in [3.8, 4) is 11.1 Å². The van der Waals surface area contributed by atoms with E-state index in [1.807, 2.05) is 42.6 Å². The summed E-state index contributed by atoms with van der Waals surface area (Å²) < 4.78 is 80.3. The second kappa shape index (κ2) is 26.4. The van der Waals surface area contributed by atoms with E-state index in [2.05, 4.69) is 30.4 Å². The minimum atomic E-state index is -4.42. The Hall–Kier alpha value is -6.79. The van der Waals surface area contributed by atoms with Gasteiger partial charge in [-0.25, -0.2) is 26.4 Å². The molecule has 6 rings (SSSR count). The zero-order valence-electron chi connectivity index (χ0n) is 39.0. The molecule has 1 aliphatic rings. The average Bonchev–Trinajstić information content (AvgIpc) is 3.90. The van der Waals surface area contributed by atoms with Crippen molar-refractivity contribution >= 4 is 54.8 Å². The minimum absolute atomic E-state index is 0.0255. The van der Waals surface area contributed by atoms with Crippen molar-refractivity contribution in [1.82, 2.24) is 30.0 Å². The fraction of sp³-hybridized carbons (Fsp3) is 0.327. The van der Waals surface area contributed by atoms with Crippen molar-refractivity contribution in [2.24, 2.45) is 12.0 Å². The number of fused-ring (bicyclic) bond motifs is 1. The molecule has 0 spiro atoms. The van der Waals surface area contributed by atoms with Crippen LogP contribution in [0.4, 0.5) is 4.79 Å². The van der Waals surface area contributed by atoms with E-state index in [0.29, 0.717) is 88.6 Å². The fourth-order valence-electron chi connectivity index (χ4n) is 6.99. The molecule has 4 aromatic carbocycles. The number of alkyl carbamates (subject to hydrolysis) is 1. The Labute approximate surface area is 411 Å². The number of aryl methyl sites for hydroxylation is 1. The molecule has 378 valence electrons. The number of hydrogen-bond acceptors (Lipinski definition) is 13. The summed E-state index contributed by atoms with van der Waals surface area (Å²) in [5.41, 5.74) is 2.64. The van der Waals surface area contributed by atoms with Crippen LogP contribution in [0.15, 0.2) is 135 Å². The predicted molar refractivity (Wildman–Crippen MR) is 265 cm³/mol. The quantitative estimate of drug-likeness (QED) is 0.0389. The maximum atomic E-state index is 13.3. The number of benzene rings is 4. The molecule has 0 bridgehead atoms. The standard InChI is InChI=1S/C49H57N7O13S2/c1-56-33-42(46(57)41-20-11-36(30-44(41)56)31-52-45-10-5-21-50-45)47(58)53-32-43(48(59)60)55-71(64,65)40-18-14-38(15-19-40)37-12-16-39(17-13-37)70(62,63)54-23-7-25-67-27-29-68-28-26-66-24-6-22-51-49(61)69-34-35-8-3-2-4-9-35/h2-5,8-9,11-21,30,33,43,54-55H,6-7,10,22-29,31-32,34H2,1H3,(H,50,52)(H,51,61)(H,53,58)(H,59,60). The van der Waals surface area contributed by atoms with Gasteiger partial charge in [0.2, 0.25) is 25.5 Å². The third-order valence-electron chi connectivity index (χ3n) is 10.8. The molecule has 0 aliphatic carbocycles. The van der Waals surface area contributed by atoms with Crippen molar-refractivity contribution in [3.05, 3.63) is 142 Å². The van der Waals surface area contributed by atoms with Gasteiger partial charge in [-0.05, 0) is 77.7 Å². The van der Waals surface area contributed by atoms with Crippen LogP contribution in [-0.2, 0) is 64.0 Å². The molecule has 22 heteroatoms. The van der Waals surface area contributed by atoms with Crippen LogP contribution in [0, 0.1) is 0 Å². The molecule has 71 heavy (non-hydrogen) atoms. The van der Waals surface area contributed by atoms with Crippen molar-refractivity contribution in [3.63, 3.8) is 0 Å². The highest BCUT2D eigenvalue weighted by Crippen LogP contribution is 2.24. The topological polar surface area (TPSA) is 271 Å². The van der Waals surface area contributed by atoms with Gasteiger partial charge in [-0.1, -0.05) is 66.7 Å². The number of pyridine rings is 1. The number of aliphatic carboxylic acids is 1. The first-order valence-corrected chi connectivity index (χ1v) is 25.7. The molecule has 0 radical (unpaired) electrons. The third kappa shape index (κ3) is 16.4. The summed E-state index contributed by atoms with van der Waals surface area (Å²) in [5.74, 6) is -1.62. The average molecular weight is 1020 g/mol. The Morgan fingerprint density at radius 1 is 0.761 bits per heavy atom. The summed E-state index contributed by atoms with van der Waals surface area (Å²) in [4.78, 5) is 54.7. The normalized spacial score (nSPS) is 13.5. The SMILES string of the molecule is Cn1cc(C(=O)NCC(NS(=O)(=O)c2ccc(-c3ccc(S(=O)(=O)NCCCOCCOCCOCCCNC(=O)OCc4ccccc4)cc3)cc2)C(=O)O)c(=O)c2ccc(CN=C3CC=CN3)cc21. The van der Waals surface area contributed by atoms with E-state index >= 15 is 0 Å². The second-order valence-corrected chi connectivity index (χ2v) is 19.5. The van der Waals surface area contributed by atoms with E-state index in [4.69, 9.17) is 18.9 Å². The van der Waals surface area contributed by atoms with Gasteiger partial charge in [0.15, 0.2) is 0 Å². The molecule has 1 atom stereocenters. The predicted octanol–water partition coefficient (Wildman–Crippen LogP) is 3.81. The lowest BCUT2D eigenvalue weighted by molar-refractivity contribution is -0.138. The number of carboxylic acids is 1. The van der Waals surface area contributed by atoms with E-state index in [1.54, 1.807) is 41.9 Å². The lowest BCUT2D eigenvalue weighted by atomic mass is 10.1. The number of sulfonamides is 2. The Morgan fingerprint density at radius 2 is 1.38 bits per heavy atom. The van der Waals surface area contributed by atoms with Crippen LogP contribution in [0.3, 0.4) is 0 Å². The van der Waals surface area contributed by atoms with E-state index in [0.717, 1.165) is 17.0 Å². The molecule has 1 unspecified atom stereocenters. The van der Waals surface area contributed by atoms with E-state index in [1.165, 1.54) is 42.6 Å². The van der Waals surface area contributed by atoms with Crippen molar-refractivity contribution in [2.75, 3.05) is 59.3 Å². The number of ether oxygens (including phenoxy) is 4. The molecule has 6 N–H and O–H groups in total.